The maximum atomic E-state index is 13.6. The van der Waals surface area contributed by atoms with Crippen molar-refractivity contribution in [2.45, 2.75) is 13.8 Å². The molecule has 1 saturated heterocycles. The molecule has 0 radical (unpaired) electrons. The van der Waals surface area contributed by atoms with Gasteiger partial charge in [-0.25, -0.2) is 4.39 Å². The molecule has 1 aromatic heterocycles. The summed E-state index contributed by atoms with van der Waals surface area (Å²) < 4.78 is 13.3. The fourth-order valence-electron chi connectivity index (χ4n) is 4.53. The maximum Gasteiger partial charge on any atom is 0.272 e. The predicted octanol–water partition coefficient (Wildman–Crippen LogP) is 5.14. The highest BCUT2D eigenvalue weighted by molar-refractivity contribution is 6.15. The Hall–Kier alpha value is -4.13. The van der Waals surface area contributed by atoms with E-state index in [9.17, 15) is 14.0 Å². The minimum absolute atomic E-state index is 0.155. The van der Waals surface area contributed by atoms with E-state index in [-0.39, 0.29) is 5.91 Å². The molecule has 0 bridgehead atoms. The number of amides is 2. The summed E-state index contributed by atoms with van der Waals surface area (Å²) in [7, 11) is 0. The Morgan fingerprint density at radius 1 is 0.886 bits per heavy atom. The van der Waals surface area contributed by atoms with Crippen LogP contribution >= 0.6 is 0 Å². The van der Waals surface area contributed by atoms with Crippen molar-refractivity contribution in [1.82, 2.24) is 9.88 Å². The van der Waals surface area contributed by atoms with Crippen molar-refractivity contribution in [3.05, 3.63) is 94.9 Å². The van der Waals surface area contributed by atoms with Gasteiger partial charge >= 0.3 is 0 Å². The fourth-order valence-corrected chi connectivity index (χ4v) is 4.53. The Balaban J connectivity index is 1.41. The van der Waals surface area contributed by atoms with E-state index in [0.29, 0.717) is 30.0 Å². The van der Waals surface area contributed by atoms with Crippen LogP contribution in [0.2, 0.25) is 0 Å². The molecule has 0 atom stereocenters. The van der Waals surface area contributed by atoms with Crippen LogP contribution in [0.3, 0.4) is 0 Å². The third kappa shape index (κ3) is 4.62. The van der Waals surface area contributed by atoms with Gasteiger partial charge in [0.05, 0.1) is 5.69 Å². The van der Waals surface area contributed by atoms with Crippen molar-refractivity contribution in [1.29, 1.82) is 0 Å². The van der Waals surface area contributed by atoms with Crippen LogP contribution in [0.4, 0.5) is 15.8 Å². The molecule has 1 aliphatic rings. The van der Waals surface area contributed by atoms with Crippen LogP contribution in [0.15, 0.2) is 66.7 Å². The molecule has 2 heterocycles. The number of anilines is 2. The number of nitrogens with one attached hydrogen (secondary N) is 2. The largest absolute Gasteiger partial charge is 0.368 e. The van der Waals surface area contributed by atoms with Crippen LogP contribution in [0.1, 0.15) is 32.0 Å². The molecule has 1 fully saturated rings. The van der Waals surface area contributed by atoms with Gasteiger partial charge in [0.2, 0.25) is 0 Å². The molecule has 0 unspecified atom stereocenters. The van der Waals surface area contributed by atoms with Crippen LogP contribution in [-0.4, -0.2) is 47.9 Å². The van der Waals surface area contributed by atoms with Gasteiger partial charge in [0.15, 0.2) is 0 Å². The van der Waals surface area contributed by atoms with Gasteiger partial charge in [-0.1, -0.05) is 23.8 Å². The van der Waals surface area contributed by atoms with E-state index in [4.69, 9.17) is 0 Å². The summed E-state index contributed by atoms with van der Waals surface area (Å²) in [6, 6.07) is 19.5. The normalized spacial score (nSPS) is 13.8. The van der Waals surface area contributed by atoms with Crippen molar-refractivity contribution in [2.75, 3.05) is 36.4 Å². The Morgan fingerprint density at radius 3 is 2.31 bits per heavy atom. The second-order valence-electron chi connectivity index (χ2n) is 9.00. The Morgan fingerprint density at radius 2 is 1.60 bits per heavy atom. The van der Waals surface area contributed by atoms with Crippen LogP contribution in [0.5, 0.6) is 0 Å². The van der Waals surface area contributed by atoms with Crippen LogP contribution in [0, 0.1) is 19.7 Å². The first-order chi connectivity index (χ1) is 16.9. The number of rotatable bonds is 4. The summed E-state index contributed by atoms with van der Waals surface area (Å²) in [6.07, 6.45) is 0. The van der Waals surface area contributed by atoms with E-state index < -0.39 is 11.7 Å². The molecule has 2 N–H and O–H groups in total. The molecule has 178 valence electrons. The number of hydrogen-bond acceptors (Lipinski definition) is 3. The van der Waals surface area contributed by atoms with Crippen molar-refractivity contribution in [2.24, 2.45) is 0 Å². The van der Waals surface area contributed by atoms with Gasteiger partial charge < -0.3 is 20.1 Å². The molecule has 1 aliphatic heterocycles. The van der Waals surface area contributed by atoms with Gasteiger partial charge in [0.25, 0.3) is 11.8 Å². The lowest BCUT2D eigenvalue weighted by atomic mass is 10.1. The zero-order valence-corrected chi connectivity index (χ0v) is 19.8. The van der Waals surface area contributed by atoms with Gasteiger partial charge in [0, 0.05) is 48.3 Å². The molecule has 2 amide bonds. The van der Waals surface area contributed by atoms with Crippen molar-refractivity contribution >= 4 is 34.1 Å². The highest BCUT2D eigenvalue weighted by atomic mass is 19.1. The zero-order valence-electron chi connectivity index (χ0n) is 19.8. The summed E-state index contributed by atoms with van der Waals surface area (Å²) in [5, 5.41) is 3.67. The number of carbonyl (C=O) groups excluding carboxylic acids is 2. The number of H-pyrrole nitrogens is 1. The second kappa shape index (κ2) is 9.25. The SMILES string of the molecule is Cc1cccc(N2CCN(C(=O)c3[nH]c4ccc(C)cc4c3NC(=O)c3ccc(F)cc3)CC2)c1. The number of benzene rings is 3. The standard InChI is InChI=1S/C28H27FN4O2/c1-18-4-3-5-22(16-18)32-12-14-33(15-13-32)28(35)26-25(23-17-19(2)6-11-24(23)30-26)31-27(34)20-7-9-21(29)10-8-20/h3-11,16-17,30H,12-15H2,1-2H3,(H,31,34). The summed E-state index contributed by atoms with van der Waals surface area (Å²) in [5.41, 5.74) is 5.26. The molecule has 7 heteroatoms. The minimum Gasteiger partial charge on any atom is -0.368 e. The monoisotopic (exact) mass is 470 g/mol. The number of nitrogens with zero attached hydrogens (tertiary/aromatic N) is 2. The molecular formula is C28H27FN4O2. The van der Waals surface area contributed by atoms with E-state index in [0.717, 1.165) is 35.2 Å². The summed E-state index contributed by atoms with van der Waals surface area (Å²) in [5.74, 6) is -0.965. The number of piperazine rings is 1. The van der Waals surface area contributed by atoms with E-state index in [1.807, 2.05) is 36.1 Å². The molecule has 6 nitrogen and oxygen atoms in total. The van der Waals surface area contributed by atoms with E-state index in [2.05, 4.69) is 40.3 Å². The second-order valence-corrected chi connectivity index (χ2v) is 9.00. The van der Waals surface area contributed by atoms with Crippen molar-refractivity contribution in [3.8, 4) is 0 Å². The molecule has 0 aliphatic carbocycles. The topological polar surface area (TPSA) is 68.4 Å². The van der Waals surface area contributed by atoms with Crippen molar-refractivity contribution < 1.29 is 14.0 Å². The summed E-state index contributed by atoms with van der Waals surface area (Å²) >= 11 is 0. The van der Waals surface area contributed by atoms with Gasteiger partial charge in [0.1, 0.15) is 11.5 Å². The van der Waals surface area contributed by atoms with Gasteiger partial charge in [-0.3, -0.25) is 9.59 Å². The average molecular weight is 471 g/mol. The van der Waals surface area contributed by atoms with E-state index >= 15 is 0 Å². The zero-order chi connectivity index (χ0) is 24.5. The lowest BCUT2D eigenvalue weighted by Gasteiger charge is -2.36. The molecule has 35 heavy (non-hydrogen) atoms. The average Bonchev–Trinajstić information content (AvgIpc) is 3.21. The van der Waals surface area contributed by atoms with E-state index in [1.54, 1.807) is 0 Å². The van der Waals surface area contributed by atoms with Crippen LogP contribution in [0.25, 0.3) is 10.9 Å². The predicted molar refractivity (Wildman–Crippen MR) is 137 cm³/mol. The molecule has 4 aromatic rings. The summed E-state index contributed by atoms with van der Waals surface area (Å²) in [6.45, 7) is 6.64. The van der Waals surface area contributed by atoms with E-state index in [1.165, 1.54) is 29.8 Å². The lowest BCUT2D eigenvalue weighted by molar-refractivity contribution is 0.0743. The first-order valence-electron chi connectivity index (χ1n) is 11.7. The molecule has 3 aromatic carbocycles. The smallest absolute Gasteiger partial charge is 0.272 e. The van der Waals surface area contributed by atoms with Crippen molar-refractivity contribution in [3.63, 3.8) is 0 Å². The number of aromatic amines is 1. The number of hydrogen-bond donors (Lipinski definition) is 2. The molecule has 0 spiro atoms. The van der Waals surface area contributed by atoms with Gasteiger partial charge in [-0.2, -0.15) is 0 Å². The highest BCUT2D eigenvalue weighted by Gasteiger charge is 2.27. The number of carbonyl (C=O) groups is 2. The van der Waals surface area contributed by atoms with Crippen LogP contribution in [-0.2, 0) is 0 Å². The fraction of sp³-hybridized carbons (Fsp3) is 0.214. The molecular weight excluding hydrogens is 443 g/mol. The Kier molecular flexibility index (Phi) is 5.99. The molecule has 5 rings (SSSR count). The first-order valence-corrected chi connectivity index (χ1v) is 11.7. The Labute approximate surface area is 203 Å². The Bertz CT molecular complexity index is 1400. The van der Waals surface area contributed by atoms with Gasteiger partial charge in [-0.05, 0) is 67.9 Å². The first kappa shape index (κ1) is 22.7. The number of aromatic nitrogens is 1. The number of aryl methyl sites for hydroxylation is 2. The van der Waals surface area contributed by atoms with Crippen LogP contribution < -0.4 is 10.2 Å². The summed E-state index contributed by atoms with van der Waals surface area (Å²) in [4.78, 5) is 33.9. The van der Waals surface area contributed by atoms with Gasteiger partial charge in [-0.15, -0.1) is 0 Å². The third-order valence-electron chi connectivity index (χ3n) is 6.45. The maximum absolute atomic E-state index is 13.6. The highest BCUT2D eigenvalue weighted by Crippen LogP contribution is 2.31. The lowest BCUT2D eigenvalue weighted by Crippen LogP contribution is -2.49. The number of halogens is 1. The minimum atomic E-state index is -0.412. The third-order valence-corrected chi connectivity index (χ3v) is 6.45. The molecule has 0 saturated carbocycles. The number of fused-ring (bicyclic) bond motifs is 1. The quantitative estimate of drug-likeness (QED) is 0.434.